The molecule has 0 bridgehead atoms. The Labute approximate surface area is 94.8 Å². The molecule has 1 aromatic rings. The fraction of sp³-hybridized carbons (Fsp3) is 0.222. The summed E-state index contributed by atoms with van der Waals surface area (Å²) in [5.74, 6) is -0.492. The normalized spacial score (nSPS) is 15.5. The van der Waals surface area contributed by atoms with Crippen LogP contribution in [0.1, 0.15) is 0 Å². The standard InChI is InChI=1S/C9H9F3N4O/c1-17-7-4-2-6(3-5-7)16-8(9(10,11)12)13-14-15-16/h2-5,14-15H,1H3. The number of halogens is 3. The van der Waals surface area contributed by atoms with Crippen molar-refractivity contribution in [3.63, 3.8) is 0 Å². The number of hydrogen-bond acceptors (Lipinski definition) is 5. The molecule has 0 unspecified atom stereocenters. The summed E-state index contributed by atoms with van der Waals surface area (Å²) in [6.07, 6.45) is -4.53. The molecule has 0 fully saturated rings. The predicted octanol–water partition coefficient (Wildman–Crippen LogP) is 1.40. The Morgan fingerprint density at radius 3 is 2.41 bits per heavy atom. The molecule has 1 aliphatic rings. The number of nitrogens with zero attached hydrogens (tertiary/aromatic N) is 2. The van der Waals surface area contributed by atoms with E-state index in [-0.39, 0.29) is 0 Å². The van der Waals surface area contributed by atoms with Gasteiger partial charge in [0.15, 0.2) is 0 Å². The van der Waals surface area contributed by atoms with Crippen LogP contribution in [0.4, 0.5) is 18.9 Å². The van der Waals surface area contributed by atoms with Crippen LogP contribution in [0.5, 0.6) is 5.75 Å². The highest BCUT2D eigenvalue weighted by atomic mass is 19.4. The number of nitrogens with one attached hydrogen (secondary N) is 2. The van der Waals surface area contributed by atoms with E-state index in [4.69, 9.17) is 4.74 Å². The van der Waals surface area contributed by atoms with E-state index in [9.17, 15) is 13.2 Å². The SMILES string of the molecule is COc1ccc(N2NNN=C2C(F)(F)F)cc1. The van der Waals surface area contributed by atoms with E-state index in [2.05, 4.69) is 16.2 Å². The molecule has 8 heteroatoms. The second-order valence-electron chi connectivity index (χ2n) is 3.19. The fourth-order valence-corrected chi connectivity index (χ4v) is 1.34. The first kappa shape index (κ1) is 11.5. The van der Waals surface area contributed by atoms with E-state index < -0.39 is 12.0 Å². The highest BCUT2D eigenvalue weighted by Gasteiger charge is 2.43. The maximum absolute atomic E-state index is 12.6. The van der Waals surface area contributed by atoms with Gasteiger partial charge in [-0.25, -0.2) is 10.5 Å². The summed E-state index contributed by atoms with van der Waals surface area (Å²) in [5.41, 5.74) is 4.65. The van der Waals surface area contributed by atoms with E-state index in [1.165, 1.54) is 19.2 Å². The van der Waals surface area contributed by atoms with Crippen molar-refractivity contribution in [2.24, 2.45) is 5.10 Å². The van der Waals surface area contributed by atoms with Crippen LogP contribution in [0.25, 0.3) is 0 Å². The lowest BCUT2D eigenvalue weighted by molar-refractivity contribution is -0.0599. The first-order chi connectivity index (χ1) is 8.02. The van der Waals surface area contributed by atoms with Crippen molar-refractivity contribution in [2.75, 3.05) is 12.1 Å². The van der Waals surface area contributed by atoms with E-state index >= 15 is 0 Å². The predicted molar refractivity (Wildman–Crippen MR) is 55.2 cm³/mol. The van der Waals surface area contributed by atoms with Crippen LogP contribution in [-0.2, 0) is 0 Å². The highest BCUT2D eigenvalue weighted by Crippen LogP contribution is 2.26. The van der Waals surface area contributed by atoms with Crippen LogP contribution in [0, 0.1) is 0 Å². The minimum atomic E-state index is -4.53. The number of amidine groups is 1. The molecule has 92 valence electrons. The van der Waals surface area contributed by atoms with Gasteiger partial charge in [0.05, 0.1) is 12.8 Å². The summed E-state index contributed by atoms with van der Waals surface area (Å²) in [6.45, 7) is 0. The minimum Gasteiger partial charge on any atom is -0.497 e. The lowest BCUT2D eigenvalue weighted by atomic mass is 10.3. The Bertz CT molecular complexity index is 429. The quantitative estimate of drug-likeness (QED) is 0.828. The number of benzene rings is 1. The van der Waals surface area contributed by atoms with E-state index in [1.807, 2.05) is 0 Å². The van der Waals surface area contributed by atoms with Crippen molar-refractivity contribution in [1.29, 1.82) is 0 Å². The van der Waals surface area contributed by atoms with Gasteiger partial charge in [0, 0.05) is 0 Å². The molecule has 0 saturated carbocycles. The lowest BCUT2D eigenvalue weighted by Crippen LogP contribution is -2.46. The molecule has 17 heavy (non-hydrogen) atoms. The highest BCUT2D eigenvalue weighted by molar-refractivity contribution is 6.01. The van der Waals surface area contributed by atoms with Gasteiger partial charge in [0.2, 0.25) is 0 Å². The smallest absolute Gasteiger partial charge is 0.453 e. The summed E-state index contributed by atoms with van der Waals surface area (Å²) >= 11 is 0. The van der Waals surface area contributed by atoms with Crippen molar-refractivity contribution in [1.82, 2.24) is 11.1 Å². The number of alkyl halides is 3. The maximum atomic E-state index is 12.6. The Kier molecular flexibility index (Phi) is 2.80. The molecule has 0 saturated heterocycles. The summed E-state index contributed by atoms with van der Waals surface area (Å²) in [5, 5.41) is 3.94. The molecule has 0 radical (unpaired) electrons. The summed E-state index contributed by atoms with van der Waals surface area (Å²) in [4.78, 5) is 0. The van der Waals surface area contributed by atoms with Crippen LogP contribution >= 0.6 is 0 Å². The van der Waals surface area contributed by atoms with Crippen LogP contribution in [0.2, 0.25) is 0 Å². The molecule has 0 atom stereocenters. The van der Waals surface area contributed by atoms with E-state index in [0.717, 1.165) is 5.01 Å². The average Bonchev–Trinajstić information content (AvgIpc) is 2.78. The summed E-state index contributed by atoms with van der Waals surface area (Å²) < 4.78 is 42.6. The fourth-order valence-electron chi connectivity index (χ4n) is 1.34. The van der Waals surface area contributed by atoms with Gasteiger partial charge in [-0.2, -0.15) is 13.2 Å². The number of anilines is 1. The molecule has 1 heterocycles. The molecule has 0 aromatic heterocycles. The third-order valence-corrected chi connectivity index (χ3v) is 2.12. The van der Waals surface area contributed by atoms with Crippen molar-refractivity contribution in [3.8, 4) is 5.75 Å². The zero-order valence-electron chi connectivity index (χ0n) is 8.75. The molecule has 0 amide bonds. The third-order valence-electron chi connectivity index (χ3n) is 2.12. The van der Waals surface area contributed by atoms with Crippen molar-refractivity contribution < 1.29 is 17.9 Å². The van der Waals surface area contributed by atoms with Crippen LogP contribution in [0.3, 0.4) is 0 Å². The zero-order chi connectivity index (χ0) is 12.5. The molecule has 0 aliphatic carbocycles. The van der Waals surface area contributed by atoms with Crippen molar-refractivity contribution in [3.05, 3.63) is 24.3 Å². The molecule has 0 spiro atoms. The maximum Gasteiger partial charge on any atom is 0.453 e. The van der Waals surface area contributed by atoms with Crippen LogP contribution in [0.15, 0.2) is 29.4 Å². The van der Waals surface area contributed by atoms with Gasteiger partial charge >= 0.3 is 6.18 Å². The molecule has 5 nitrogen and oxygen atoms in total. The molecule has 2 rings (SSSR count). The number of hydrazone groups is 1. The number of methoxy groups -OCH3 is 1. The first-order valence-electron chi connectivity index (χ1n) is 4.62. The van der Waals surface area contributed by atoms with Crippen molar-refractivity contribution in [2.45, 2.75) is 6.18 Å². The van der Waals surface area contributed by atoms with Gasteiger partial charge in [-0.1, -0.05) is 0 Å². The van der Waals surface area contributed by atoms with Gasteiger partial charge < -0.3 is 4.74 Å². The molecular weight excluding hydrogens is 237 g/mol. The number of hydrogen-bond donors (Lipinski definition) is 2. The van der Waals surface area contributed by atoms with Crippen LogP contribution < -0.4 is 20.8 Å². The topological polar surface area (TPSA) is 48.9 Å². The Hall–Kier alpha value is -1.96. The largest absolute Gasteiger partial charge is 0.497 e. The van der Waals surface area contributed by atoms with Gasteiger partial charge in [-0.15, -0.1) is 10.6 Å². The Balaban J connectivity index is 2.25. The van der Waals surface area contributed by atoms with Gasteiger partial charge in [0.1, 0.15) is 5.75 Å². The summed E-state index contributed by atoms with van der Waals surface area (Å²) in [7, 11) is 1.48. The van der Waals surface area contributed by atoms with Crippen molar-refractivity contribution >= 4 is 11.5 Å². The summed E-state index contributed by atoms with van der Waals surface area (Å²) in [6, 6.07) is 6.09. The van der Waals surface area contributed by atoms with E-state index in [1.54, 1.807) is 12.1 Å². The molecular formula is C9H9F3N4O. The van der Waals surface area contributed by atoms with Crippen LogP contribution in [-0.4, -0.2) is 19.1 Å². The zero-order valence-corrected chi connectivity index (χ0v) is 8.75. The van der Waals surface area contributed by atoms with Gasteiger partial charge in [0.25, 0.3) is 5.84 Å². The first-order valence-corrected chi connectivity index (χ1v) is 4.62. The van der Waals surface area contributed by atoms with Gasteiger partial charge in [-0.05, 0) is 24.3 Å². The van der Waals surface area contributed by atoms with E-state index in [0.29, 0.717) is 11.4 Å². The lowest BCUT2D eigenvalue weighted by Gasteiger charge is -2.20. The monoisotopic (exact) mass is 246 g/mol. The molecule has 2 N–H and O–H groups in total. The second kappa shape index (κ2) is 4.13. The minimum absolute atomic E-state index is 0.298. The third kappa shape index (κ3) is 2.26. The average molecular weight is 246 g/mol. The Morgan fingerprint density at radius 2 is 1.88 bits per heavy atom. The van der Waals surface area contributed by atoms with Gasteiger partial charge in [-0.3, -0.25) is 0 Å². The number of ether oxygens (including phenoxy) is 1. The number of rotatable bonds is 2. The molecule has 1 aromatic carbocycles. The Morgan fingerprint density at radius 1 is 1.24 bits per heavy atom. The second-order valence-corrected chi connectivity index (χ2v) is 3.19. The number of hydrazine groups is 2. The molecule has 1 aliphatic heterocycles.